The van der Waals surface area contributed by atoms with Gasteiger partial charge in [-0.15, -0.1) is 0 Å². The van der Waals surface area contributed by atoms with Gasteiger partial charge in [0.25, 0.3) is 0 Å². The first-order valence-corrected chi connectivity index (χ1v) is 7.94. The Bertz CT molecular complexity index is 528. The number of benzene rings is 1. The van der Waals surface area contributed by atoms with Crippen LogP contribution in [0.1, 0.15) is 6.42 Å². The fraction of sp³-hybridized carbons (Fsp3) is 0.400. The Morgan fingerprint density at radius 2 is 1.79 bits per heavy atom. The Balaban J connectivity index is 2.96. The summed E-state index contributed by atoms with van der Waals surface area (Å²) in [6, 6.07) is 2.82. The van der Waals surface area contributed by atoms with Gasteiger partial charge >= 0.3 is 10.2 Å². The Labute approximate surface area is 127 Å². The molecule has 0 bridgehead atoms. The molecule has 0 aromatic heterocycles. The van der Waals surface area contributed by atoms with Crippen LogP contribution < -0.4 is 10.5 Å². The van der Waals surface area contributed by atoms with E-state index in [2.05, 4.69) is 4.72 Å². The second kappa shape index (κ2) is 6.97. The molecule has 0 fully saturated rings. The van der Waals surface area contributed by atoms with E-state index in [1.54, 1.807) is 0 Å². The molecule has 1 aromatic carbocycles. The van der Waals surface area contributed by atoms with Crippen molar-refractivity contribution in [2.75, 3.05) is 24.9 Å². The highest BCUT2D eigenvalue weighted by atomic mass is 35.5. The summed E-state index contributed by atoms with van der Waals surface area (Å²) < 4.78 is 27.5. The molecule has 0 atom stereocenters. The second-order valence-electron chi connectivity index (χ2n) is 3.82. The summed E-state index contributed by atoms with van der Waals surface area (Å²) in [6.07, 6.45) is 0.555. The van der Waals surface area contributed by atoms with Gasteiger partial charge in [0, 0.05) is 18.6 Å². The van der Waals surface area contributed by atoms with Gasteiger partial charge in [-0.1, -0.05) is 34.8 Å². The fourth-order valence-corrected chi connectivity index (χ4v) is 3.31. The summed E-state index contributed by atoms with van der Waals surface area (Å²) >= 11 is 17.6. The lowest BCUT2D eigenvalue weighted by molar-refractivity contribution is 0.468. The van der Waals surface area contributed by atoms with E-state index >= 15 is 0 Å². The predicted molar refractivity (Wildman–Crippen MR) is 80.3 cm³/mol. The van der Waals surface area contributed by atoms with E-state index < -0.39 is 10.2 Å². The first-order valence-electron chi connectivity index (χ1n) is 5.36. The summed E-state index contributed by atoms with van der Waals surface area (Å²) in [7, 11) is -2.29. The van der Waals surface area contributed by atoms with Crippen LogP contribution in [0.25, 0.3) is 0 Å². The molecule has 0 saturated heterocycles. The minimum Gasteiger partial charge on any atom is -0.330 e. The SMILES string of the molecule is CN(CCCN)S(=O)(=O)Nc1c(Cl)cc(Cl)cc1Cl. The van der Waals surface area contributed by atoms with Crippen LogP contribution >= 0.6 is 34.8 Å². The largest absolute Gasteiger partial charge is 0.330 e. The average Bonchev–Trinajstić information content (AvgIpc) is 2.30. The molecule has 9 heteroatoms. The van der Waals surface area contributed by atoms with Crippen LogP contribution in [0.2, 0.25) is 15.1 Å². The highest BCUT2D eigenvalue weighted by Gasteiger charge is 2.20. The Morgan fingerprint density at radius 1 is 1.26 bits per heavy atom. The van der Waals surface area contributed by atoms with Crippen molar-refractivity contribution < 1.29 is 8.42 Å². The summed E-state index contributed by atoms with van der Waals surface area (Å²) in [6.45, 7) is 0.705. The van der Waals surface area contributed by atoms with E-state index in [-0.39, 0.29) is 15.7 Å². The molecule has 0 saturated carbocycles. The van der Waals surface area contributed by atoms with E-state index in [0.29, 0.717) is 24.5 Å². The van der Waals surface area contributed by atoms with Gasteiger partial charge in [-0.2, -0.15) is 12.7 Å². The highest BCUT2D eigenvalue weighted by molar-refractivity contribution is 7.90. The van der Waals surface area contributed by atoms with Crippen molar-refractivity contribution in [3.05, 3.63) is 27.2 Å². The lowest BCUT2D eigenvalue weighted by atomic mass is 10.3. The van der Waals surface area contributed by atoms with E-state index in [1.807, 2.05) is 0 Å². The minimum absolute atomic E-state index is 0.104. The third-order valence-corrected chi connectivity index (χ3v) is 4.61. The zero-order valence-corrected chi connectivity index (χ0v) is 13.2. The molecule has 0 radical (unpaired) electrons. The summed E-state index contributed by atoms with van der Waals surface area (Å²) in [5.41, 5.74) is 5.44. The molecule has 1 aromatic rings. The van der Waals surface area contributed by atoms with Crippen LogP contribution in [0.3, 0.4) is 0 Å². The zero-order valence-electron chi connectivity index (χ0n) is 10.2. The highest BCUT2D eigenvalue weighted by Crippen LogP contribution is 2.34. The molecule has 1 rings (SSSR count). The van der Waals surface area contributed by atoms with Crippen molar-refractivity contribution in [1.82, 2.24) is 4.31 Å². The van der Waals surface area contributed by atoms with E-state index in [0.717, 1.165) is 4.31 Å². The number of rotatable bonds is 6. The minimum atomic E-state index is -3.73. The molecule has 108 valence electrons. The maximum atomic E-state index is 12.0. The maximum absolute atomic E-state index is 12.0. The number of halogens is 3. The summed E-state index contributed by atoms with van der Waals surface area (Å²) in [4.78, 5) is 0. The number of hydrogen-bond acceptors (Lipinski definition) is 3. The normalized spacial score (nSPS) is 11.9. The first-order chi connectivity index (χ1) is 8.77. The third-order valence-electron chi connectivity index (χ3n) is 2.33. The van der Waals surface area contributed by atoms with E-state index in [9.17, 15) is 8.42 Å². The van der Waals surface area contributed by atoms with Crippen molar-refractivity contribution in [2.45, 2.75) is 6.42 Å². The first kappa shape index (κ1) is 16.8. The van der Waals surface area contributed by atoms with Crippen molar-refractivity contribution in [3.8, 4) is 0 Å². The van der Waals surface area contributed by atoms with E-state index in [1.165, 1.54) is 19.2 Å². The lowest BCUT2D eigenvalue weighted by Gasteiger charge is -2.19. The second-order valence-corrected chi connectivity index (χ2v) is 6.84. The van der Waals surface area contributed by atoms with E-state index in [4.69, 9.17) is 40.5 Å². The molecule has 5 nitrogen and oxygen atoms in total. The van der Waals surface area contributed by atoms with Gasteiger partial charge in [-0.3, -0.25) is 4.72 Å². The van der Waals surface area contributed by atoms with Gasteiger partial charge < -0.3 is 5.73 Å². The zero-order chi connectivity index (χ0) is 14.6. The molecule has 0 heterocycles. The lowest BCUT2D eigenvalue weighted by Crippen LogP contribution is -2.34. The quantitative estimate of drug-likeness (QED) is 0.831. The van der Waals surface area contributed by atoms with Gasteiger partial charge in [-0.25, -0.2) is 0 Å². The van der Waals surface area contributed by atoms with Crippen LogP contribution in [-0.4, -0.2) is 32.9 Å². The van der Waals surface area contributed by atoms with Crippen molar-refractivity contribution >= 4 is 50.7 Å². The van der Waals surface area contributed by atoms with Gasteiger partial charge in [0.15, 0.2) is 0 Å². The standard InChI is InChI=1S/C10H14Cl3N3O2S/c1-16(4-2-3-14)19(17,18)15-10-8(12)5-7(11)6-9(10)13/h5-6,15H,2-4,14H2,1H3. The molecule has 19 heavy (non-hydrogen) atoms. The number of nitrogens with two attached hydrogens (primary N) is 1. The van der Waals surface area contributed by atoms with Crippen LogP contribution in [-0.2, 0) is 10.2 Å². The Morgan fingerprint density at radius 3 is 2.26 bits per heavy atom. The van der Waals surface area contributed by atoms with Crippen LogP contribution in [0, 0.1) is 0 Å². The monoisotopic (exact) mass is 345 g/mol. The van der Waals surface area contributed by atoms with Crippen molar-refractivity contribution in [1.29, 1.82) is 0 Å². The molecular weight excluding hydrogens is 333 g/mol. The molecule has 0 aliphatic rings. The fourth-order valence-electron chi connectivity index (χ4n) is 1.28. The third kappa shape index (κ3) is 4.66. The summed E-state index contributed by atoms with van der Waals surface area (Å²) in [5, 5.41) is 0.594. The van der Waals surface area contributed by atoms with Crippen molar-refractivity contribution in [2.24, 2.45) is 5.73 Å². The molecule has 3 N–H and O–H groups in total. The number of anilines is 1. The molecule has 0 amide bonds. The smallest absolute Gasteiger partial charge is 0.301 e. The van der Waals surface area contributed by atoms with Crippen LogP contribution in [0.5, 0.6) is 0 Å². The molecule has 0 unspecified atom stereocenters. The number of nitrogens with one attached hydrogen (secondary N) is 1. The number of nitrogens with zero attached hydrogens (tertiary/aromatic N) is 1. The topological polar surface area (TPSA) is 75.4 Å². The van der Waals surface area contributed by atoms with Gasteiger partial charge in [0.2, 0.25) is 0 Å². The summed E-state index contributed by atoms with van der Waals surface area (Å²) in [5.74, 6) is 0. The van der Waals surface area contributed by atoms with Crippen molar-refractivity contribution in [3.63, 3.8) is 0 Å². The Kier molecular flexibility index (Phi) is 6.16. The molecule has 0 aliphatic heterocycles. The van der Waals surface area contributed by atoms with Crippen LogP contribution in [0.15, 0.2) is 12.1 Å². The molecule has 0 spiro atoms. The average molecular weight is 347 g/mol. The van der Waals surface area contributed by atoms with Gasteiger partial charge in [0.05, 0.1) is 15.7 Å². The van der Waals surface area contributed by atoms with Gasteiger partial charge in [-0.05, 0) is 25.1 Å². The maximum Gasteiger partial charge on any atom is 0.301 e. The van der Waals surface area contributed by atoms with Crippen LogP contribution in [0.4, 0.5) is 5.69 Å². The van der Waals surface area contributed by atoms with Gasteiger partial charge in [0.1, 0.15) is 0 Å². The predicted octanol–water partition coefficient (Wildman–Crippen LogP) is 2.58. The Hall–Kier alpha value is -0.240. The molecule has 0 aliphatic carbocycles. The molecular formula is C10H14Cl3N3O2S. The number of hydrogen-bond donors (Lipinski definition) is 2.